The maximum Gasteiger partial charge on any atom is 0.157 e. The Labute approximate surface area is 150 Å². The molecule has 0 aromatic heterocycles. The van der Waals surface area contributed by atoms with Gasteiger partial charge in [0.15, 0.2) is 11.5 Å². The highest BCUT2D eigenvalue weighted by Gasteiger charge is 2.55. The van der Waals surface area contributed by atoms with Crippen LogP contribution in [0, 0.1) is 35.0 Å². The number of aliphatic hydroxyl groups is 1. The third-order valence-electron chi connectivity index (χ3n) is 7.64. The minimum Gasteiger partial charge on any atom is -0.504 e. The van der Waals surface area contributed by atoms with Gasteiger partial charge in [0.1, 0.15) is 0 Å². The summed E-state index contributed by atoms with van der Waals surface area (Å²) in [5, 5.41) is 10.1. The van der Waals surface area contributed by atoms with Crippen LogP contribution in [0.25, 0.3) is 0 Å². The van der Waals surface area contributed by atoms with Crippen molar-refractivity contribution in [1.29, 1.82) is 0 Å². The van der Waals surface area contributed by atoms with Gasteiger partial charge in [-0.3, -0.25) is 0 Å². The van der Waals surface area contributed by atoms with E-state index in [9.17, 15) is 5.11 Å². The van der Waals surface area contributed by atoms with Crippen LogP contribution in [0.15, 0.2) is 35.3 Å². The van der Waals surface area contributed by atoms with E-state index in [-0.39, 0.29) is 0 Å². The Kier molecular flexibility index (Phi) is 4.27. The van der Waals surface area contributed by atoms with Gasteiger partial charge in [0.05, 0.1) is 7.11 Å². The fourth-order valence-electron chi connectivity index (χ4n) is 6.37. The van der Waals surface area contributed by atoms with Crippen molar-refractivity contribution in [3.8, 4) is 0 Å². The van der Waals surface area contributed by atoms with Gasteiger partial charge in [-0.1, -0.05) is 13.0 Å². The minimum absolute atomic E-state index is 0.292. The molecular formula is C21H30O2S. The standard InChI is InChI=1S/C21H30O2S/c1-21-9-8-15-16(18(21)7-5-14(21)12-24-3)6-4-13-10-19(22)20(23-2)11-17(13)15/h4,10-11,14-18,22H,5-9,12H2,1-3H3/t14-,15+,16-,17+,18+,21-/m1/s1. The Morgan fingerprint density at radius 1 is 1.29 bits per heavy atom. The summed E-state index contributed by atoms with van der Waals surface area (Å²) >= 11 is 2.03. The molecule has 3 heteroatoms. The average Bonchev–Trinajstić information content (AvgIpc) is 2.91. The molecule has 0 saturated heterocycles. The Balaban J connectivity index is 1.63. The van der Waals surface area contributed by atoms with Gasteiger partial charge >= 0.3 is 0 Å². The molecular weight excluding hydrogens is 316 g/mol. The molecule has 0 heterocycles. The Hall–Kier alpha value is -0.830. The van der Waals surface area contributed by atoms with Crippen LogP contribution in [0.5, 0.6) is 0 Å². The van der Waals surface area contributed by atoms with E-state index in [1.807, 2.05) is 17.8 Å². The van der Waals surface area contributed by atoms with Crippen molar-refractivity contribution in [3.63, 3.8) is 0 Å². The fourth-order valence-corrected chi connectivity index (χ4v) is 7.32. The Morgan fingerprint density at radius 2 is 2.12 bits per heavy atom. The zero-order valence-corrected chi connectivity index (χ0v) is 15.9. The topological polar surface area (TPSA) is 29.5 Å². The molecule has 0 aliphatic heterocycles. The van der Waals surface area contributed by atoms with Crippen LogP contribution in [0.2, 0.25) is 0 Å². The Bertz CT molecular complexity index is 605. The summed E-state index contributed by atoms with van der Waals surface area (Å²) in [7, 11) is 1.66. The summed E-state index contributed by atoms with van der Waals surface area (Å²) in [5.74, 6) is 6.06. The molecule has 0 bridgehead atoms. The number of hydrogen-bond acceptors (Lipinski definition) is 3. The van der Waals surface area contributed by atoms with Crippen LogP contribution in [-0.2, 0) is 4.74 Å². The van der Waals surface area contributed by atoms with Crippen molar-refractivity contribution in [1.82, 2.24) is 0 Å². The third-order valence-corrected chi connectivity index (χ3v) is 8.37. The second-order valence-corrected chi connectivity index (χ2v) is 9.35. The SMILES string of the molecule is COC1=C[C@H]2C(=CC[C@@H]3[C@@H]2CC[C@]2(C)[C@@H](CSC)CC[C@@H]32)C=C1O. The van der Waals surface area contributed by atoms with Crippen LogP contribution < -0.4 is 0 Å². The van der Waals surface area contributed by atoms with Crippen LogP contribution in [0.4, 0.5) is 0 Å². The summed E-state index contributed by atoms with van der Waals surface area (Å²) in [6.45, 7) is 2.59. The van der Waals surface area contributed by atoms with Gasteiger partial charge in [0.25, 0.3) is 0 Å². The molecule has 6 atom stereocenters. The van der Waals surface area contributed by atoms with E-state index < -0.39 is 0 Å². The number of thioether (sulfide) groups is 1. The van der Waals surface area contributed by atoms with Crippen molar-refractivity contribution in [2.75, 3.05) is 19.1 Å². The number of hydrogen-bond donors (Lipinski definition) is 1. The molecule has 2 saturated carbocycles. The van der Waals surface area contributed by atoms with Crippen LogP contribution in [0.3, 0.4) is 0 Å². The quantitative estimate of drug-likeness (QED) is 0.748. The summed E-state index contributed by atoms with van der Waals surface area (Å²) in [6, 6.07) is 0. The van der Waals surface area contributed by atoms with E-state index in [1.54, 1.807) is 7.11 Å². The molecule has 0 radical (unpaired) electrons. The highest BCUT2D eigenvalue weighted by Crippen LogP contribution is 2.63. The second kappa shape index (κ2) is 6.16. The molecule has 24 heavy (non-hydrogen) atoms. The number of ether oxygens (including phenoxy) is 1. The second-order valence-electron chi connectivity index (χ2n) is 8.44. The highest BCUT2D eigenvalue weighted by molar-refractivity contribution is 7.98. The maximum absolute atomic E-state index is 10.1. The predicted octanol–water partition coefficient (Wildman–Crippen LogP) is 5.34. The zero-order valence-electron chi connectivity index (χ0n) is 15.1. The molecule has 4 aliphatic carbocycles. The van der Waals surface area contributed by atoms with Crippen molar-refractivity contribution in [3.05, 3.63) is 35.3 Å². The van der Waals surface area contributed by atoms with E-state index in [1.165, 1.54) is 43.4 Å². The molecule has 4 rings (SSSR count). The molecule has 0 spiro atoms. The normalized spacial score (nSPS) is 43.8. The highest BCUT2D eigenvalue weighted by atomic mass is 32.2. The first kappa shape index (κ1) is 16.6. The van der Waals surface area contributed by atoms with Crippen molar-refractivity contribution < 1.29 is 9.84 Å². The largest absolute Gasteiger partial charge is 0.504 e. The lowest BCUT2D eigenvalue weighted by molar-refractivity contribution is 0.00384. The van der Waals surface area contributed by atoms with Gasteiger partial charge in [0.2, 0.25) is 0 Å². The lowest BCUT2D eigenvalue weighted by atomic mass is 9.53. The molecule has 2 fully saturated rings. The first-order valence-electron chi connectivity index (χ1n) is 9.44. The first-order chi connectivity index (χ1) is 11.6. The Morgan fingerprint density at radius 3 is 2.88 bits per heavy atom. The molecule has 0 unspecified atom stereocenters. The molecule has 4 aliphatic rings. The molecule has 0 aromatic carbocycles. The number of rotatable bonds is 3. The smallest absolute Gasteiger partial charge is 0.157 e. The number of allylic oxidation sites excluding steroid dienone is 4. The number of methoxy groups -OCH3 is 1. The summed E-state index contributed by atoms with van der Waals surface area (Å²) in [4.78, 5) is 0. The van der Waals surface area contributed by atoms with Gasteiger partial charge in [0, 0.05) is 5.92 Å². The molecule has 1 N–H and O–H groups in total. The first-order valence-corrected chi connectivity index (χ1v) is 10.8. The van der Waals surface area contributed by atoms with Crippen molar-refractivity contribution >= 4 is 11.8 Å². The lowest BCUT2D eigenvalue weighted by Gasteiger charge is -2.52. The van der Waals surface area contributed by atoms with Crippen LogP contribution in [-0.4, -0.2) is 24.2 Å². The van der Waals surface area contributed by atoms with Gasteiger partial charge < -0.3 is 9.84 Å². The molecule has 0 amide bonds. The van der Waals surface area contributed by atoms with Crippen molar-refractivity contribution in [2.24, 2.45) is 35.0 Å². The van der Waals surface area contributed by atoms with E-state index in [0.29, 0.717) is 22.9 Å². The van der Waals surface area contributed by atoms with Gasteiger partial charge in [-0.2, -0.15) is 11.8 Å². The zero-order chi connectivity index (χ0) is 16.9. The molecule has 132 valence electrons. The van der Waals surface area contributed by atoms with Gasteiger partial charge in [-0.25, -0.2) is 0 Å². The van der Waals surface area contributed by atoms with E-state index in [0.717, 1.165) is 23.7 Å². The molecule has 0 aromatic rings. The molecule has 2 nitrogen and oxygen atoms in total. The van der Waals surface area contributed by atoms with E-state index in [4.69, 9.17) is 4.74 Å². The lowest BCUT2D eigenvalue weighted by Crippen LogP contribution is -2.45. The maximum atomic E-state index is 10.1. The third kappa shape index (κ3) is 2.38. The van der Waals surface area contributed by atoms with Crippen LogP contribution in [0.1, 0.15) is 39.0 Å². The van der Waals surface area contributed by atoms with Gasteiger partial charge in [-0.15, -0.1) is 0 Å². The minimum atomic E-state index is 0.292. The van der Waals surface area contributed by atoms with E-state index in [2.05, 4.69) is 25.3 Å². The number of aliphatic hydroxyl groups excluding tert-OH is 1. The van der Waals surface area contributed by atoms with Crippen LogP contribution >= 0.6 is 11.8 Å². The summed E-state index contributed by atoms with van der Waals surface area (Å²) < 4.78 is 5.40. The average molecular weight is 347 g/mol. The van der Waals surface area contributed by atoms with E-state index >= 15 is 0 Å². The predicted molar refractivity (Wildman–Crippen MR) is 101 cm³/mol. The summed E-state index contributed by atoms with van der Waals surface area (Å²) in [5.41, 5.74) is 1.87. The number of fused-ring (bicyclic) bond motifs is 5. The van der Waals surface area contributed by atoms with Gasteiger partial charge in [-0.05, 0) is 90.9 Å². The summed E-state index contributed by atoms with van der Waals surface area (Å²) in [6.07, 6.45) is 15.5. The monoisotopic (exact) mass is 346 g/mol. The van der Waals surface area contributed by atoms with Crippen molar-refractivity contribution in [2.45, 2.75) is 39.0 Å². The fraction of sp³-hybridized carbons (Fsp3) is 0.714.